The highest BCUT2D eigenvalue weighted by Gasteiger charge is 1.34. The first-order valence-electron chi connectivity index (χ1n) is 1.02. The standard InChI is InChI=1S/C2H6O.Al.Mg.5H/c1-2-3;;;;;;;/h3H,2H2,1H3;;;;;;;. The summed E-state index contributed by atoms with van der Waals surface area (Å²) in [5.41, 5.74) is 0. The first-order valence-corrected chi connectivity index (χ1v) is 1.02. The summed E-state index contributed by atoms with van der Waals surface area (Å²) in [5.74, 6) is 0. The third-order valence-corrected chi connectivity index (χ3v) is 0. The van der Waals surface area contributed by atoms with Crippen LogP contribution in [0.25, 0.3) is 0 Å². The third kappa shape index (κ3) is 35.2. The molecule has 0 atom stereocenters. The summed E-state index contributed by atoms with van der Waals surface area (Å²) in [4.78, 5) is 0. The minimum atomic E-state index is 0. The van der Waals surface area contributed by atoms with Crippen molar-refractivity contribution in [3.8, 4) is 0 Å². The van der Waals surface area contributed by atoms with Crippen LogP contribution in [0.2, 0.25) is 0 Å². The topological polar surface area (TPSA) is 20.2 Å². The van der Waals surface area contributed by atoms with Gasteiger partial charge in [0.1, 0.15) is 0 Å². The second kappa shape index (κ2) is 18.7. The Morgan fingerprint density at radius 1 is 1.60 bits per heavy atom. The van der Waals surface area contributed by atoms with Gasteiger partial charge >= 0.3 is 23.1 Å². The van der Waals surface area contributed by atoms with Gasteiger partial charge in [0.05, 0.1) is 0 Å². The Bertz CT molecular complexity index is 9.61. The maximum absolute atomic E-state index is 7.57. The van der Waals surface area contributed by atoms with Gasteiger partial charge in [0.2, 0.25) is 0 Å². The molecule has 0 saturated carbocycles. The van der Waals surface area contributed by atoms with Gasteiger partial charge in [0.15, 0.2) is 17.4 Å². The van der Waals surface area contributed by atoms with Gasteiger partial charge < -0.3 is 5.11 Å². The van der Waals surface area contributed by atoms with Gasteiger partial charge in [-0.05, 0) is 6.92 Å². The minimum absolute atomic E-state index is 0. The fourth-order valence-electron chi connectivity index (χ4n) is 0. The Kier molecular flexibility index (Phi) is 60.9. The summed E-state index contributed by atoms with van der Waals surface area (Å²) in [6.07, 6.45) is 0. The zero-order chi connectivity index (χ0) is 2.71. The van der Waals surface area contributed by atoms with Crippen molar-refractivity contribution in [1.82, 2.24) is 0 Å². The number of aliphatic hydroxyl groups is 1. The van der Waals surface area contributed by atoms with Crippen molar-refractivity contribution in [2.75, 3.05) is 6.61 Å². The predicted molar refractivity (Wildman–Crippen MR) is 31.2 cm³/mol. The quantitative estimate of drug-likeness (QED) is 0.348. The van der Waals surface area contributed by atoms with Crippen molar-refractivity contribution in [3.05, 3.63) is 0 Å². The van der Waals surface area contributed by atoms with Crippen LogP contribution in [0.5, 0.6) is 0 Å². The Morgan fingerprint density at radius 3 is 1.60 bits per heavy atom. The molecule has 0 aliphatic rings. The molecule has 0 saturated heterocycles. The Balaban J connectivity index is -0.0000000200. The number of hydrogen-bond donors (Lipinski definition) is 1. The van der Waals surface area contributed by atoms with E-state index in [0.29, 0.717) is 0 Å². The molecular weight excluding hydrogens is 91.3 g/mol. The molecule has 0 bridgehead atoms. The second-order valence-corrected chi connectivity index (χ2v) is 0.316. The monoisotopic (exact) mass is 102 g/mol. The van der Waals surface area contributed by atoms with E-state index in [0.717, 1.165) is 0 Å². The average Bonchev–Trinajstić information content (AvgIpc) is 0.918. The van der Waals surface area contributed by atoms with E-state index in [2.05, 4.69) is 0 Å². The van der Waals surface area contributed by atoms with Gasteiger partial charge in [0.25, 0.3) is 0 Å². The van der Waals surface area contributed by atoms with Crippen molar-refractivity contribution in [2.45, 2.75) is 6.92 Å². The molecule has 0 aliphatic carbocycles. The van der Waals surface area contributed by atoms with Gasteiger partial charge in [-0.3, -0.25) is 0 Å². The SMILES string of the molecule is CCO.[AlH3].[MgH2]. The molecule has 0 aromatic carbocycles. The highest BCUT2D eigenvalue weighted by molar-refractivity contribution is 5.76. The molecule has 0 aromatic heterocycles. The second-order valence-electron chi connectivity index (χ2n) is 0.316. The lowest BCUT2D eigenvalue weighted by atomic mass is 10.9. The number of aliphatic hydroxyl groups excluding tert-OH is 1. The minimum Gasteiger partial charge on any atom is -0.397 e. The molecule has 0 radical (unpaired) electrons. The largest absolute Gasteiger partial charge is 0.397 e. The fourth-order valence-corrected chi connectivity index (χ4v) is 0. The Hall–Kier alpha value is 1.26. The lowest BCUT2D eigenvalue weighted by Gasteiger charge is -1.52. The third-order valence-electron chi connectivity index (χ3n) is 0. The first-order chi connectivity index (χ1) is 1.41. The normalized spacial score (nSPS) is 3.60. The van der Waals surface area contributed by atoms with Gasteiger partial charge in [-0.2, -0.15) is 0 Å². The molecule has 0 unspecified atom stereocenters. The van der Waals surface area contributed by atoms with Gasteiger partial charge in [-0.15, -0.1) is 0 Å². The molecule has 0 heterocycles. The van der Waals surface area contributed by atoms with Gasteiger partial charge in [-0.25, -0.2) is 0 Å². The zero-order valence-electron chi connectivity index (χ0n) is 2.15. The Labute approximate surface area is 59.0 Å². The van der Waals surface area contributed by atoms with E-state index in [-0.39, 0.29) is 47.0 Å². The van der Waals surface area contributed by atoms with E-state index < -0.39 is 0 Å². The van der Waals surface area contributed by atoms with Crippen LogP contribution < -0.4 is 0 Å². The maximum atomic E-state index is 7.57. The number of rotatable bonds is 0. The van der Waals surface area contributed by atoms with Crippen molar-refractivity contribution < 1.29 is 5.11 Å². The lowest BCUT2D eigenvalue weighted by Crippen LogP contribution is -1.57. The average molecular weight is 102 g/mol. The Morgan fingerprint density at radius 2 is 1.60 bits per heavy atom. The summed E-state index contributed by atoms with van der Waals surface area (Å²) in [6, 6.07) is 0. The molecule has 30 valence electrons. The zero-order valence-corrected chi connectivity index (χ0v) is 2.15. The molecule has 0 aromatic rings. The van der Waals surface area contributed by atoms with E-state index >= 15 is 0 Å². The highest BCUT2D eigenvalue weighted by Crippen LogP contribution is 1.30. The summed E-state index contributed by atoms with van der Waals surface area (Å²) >= 11 is 0. The molecule has 3 heteroatoms. The molecule has 1 N–H and O–H groups in total. The molecular formula is C2H11AlMgO. The van der Waals surface area contributed by atoms with Crippen LogP contribution in [0.4, 0.5) is 0 Å². The van der Waals surface area contributed by atoms with Crippen molar-refractivity contribution in [3.63, 3.8) is 0 Å². The molecule has 0 fully saturated rings. The number of hydrogen-bond acceptors (Lipinski definition) is 1. The van der Waals surface area contributed by atoms with E-state index in [1.807, 2.05) is 0 Å². The first kappa shape index (κ1) is 16.3. The van der Waals surface area contributed by atoms with Gasteiger partial charge in [-0.1, -0.05) is 0 Å². The highest BCUT2D eigenvalue weighted by atomic mass is 27.0. The van der Waals surface area contributed by atoms with Crippen LogP contribution in [0.1, 0.15) is 6.92 Å². The molecule has 1 nitrogen and oxygen atoms in total. The maximum Gasteiger partial charge on any atom is 0.316 e. The van der Waals surface area contributed by atoms with Crippen LogP contribution in [-0.4, -0.2) is 52.1 Å². The fraction of sp³-hybridized carbons (Fsp3) is 1.00. The van der Waals surface area contributed by atoms with E-state index in [9.17, 15) is 0 Å². The molecule has 5 heavy (non-hydrogen) atoms. The van der Waals surface area contributed by atoms with E-state index in [1.165, 1.54) is 0 Å². The summed E-state index contributed by atoms with van der Waals surface area (Å²) in [7, 11) is 0. The molecule has 0 aliphatic heterocycles. The molecule has 0 spiro atoms. The van der Waals surface area contributed by atoms with Crippen LogP contribution in [0.15, 0.2) is 0 Å². The van der Waals surface area contributed by atoms with Crippen molar-refractivity contribution in [2.24, 2.45) is 0 Å². The lowest BCUT2D eigenvalue weighted by molar-refractivity contribution is 0.318. The van der Waals surface area contributed by atoms with Crippen molar-refractivity contribution >= 4 is 40.4 Å². The smallest absolute Gasteiger partial charge is 0.316 e. The van der Waals surface area contributed by atoms with Crippen molar-refractivity contribution in [1.29, 1.82) is 0 Å². The van der Waals surface area contributed by atoms with E-state index in [4.69, 9.17) is 5.11 Å². The molecule has 0 rings (SSSR count). The summed E-state index contributed by atoms with van der Waals surface area (Å²) in [6.45, 7) is 1.93. The van der Waals surface area contributed by atoms with Gasteiger partial charge in [0, 0.05) is 6.61 Å². The van der Waals surface area contributed by atoms with Crippen LogP contribution in [0.3, 0.4) is 0 Å². The van der Waals surface area contributed by atoms with Crippen LogP contribution in [-0.2, 0) is 0 Å². The molecule has 0 amide bonds. The summed E-state index contributed by atoms with van der Waals surface area (Å²) < 4.78 is 0. The van der Waals surface area contributed by atoms with E-state index in [1.54, 1.807) is 6.92 Å². The summed E-state index contributed by atoms with van der Waals surface area (Å²) in [5, 5.41) is 7.57. The van der Waals surface area contributed by atoms with Crippen LogP contribution in [0, 0.1) is 0 Å². The predicted octanol–water partition coefficient (Wildman–Crippen LogP) is -2.10. The van der Waals surface area contributed by atoms with Crippen LogP contribution >= 0.6 is 0 Å².